The van der Waals surface area contributed by atoms with Gasteiger partial charge in [-0.25, -0.2) is 0 Å². The fourth-order valence-electron chi connectivity index (χ4n) is 5.03. The molecule has 1 aromatic heterocycles. The molecular weight excluding hydrogens is 342 g/mol. The normalized spacial score (nSPS) is 30.0. The number of nitrogens with zero attached hydrogens (tertiary/aromatic N) is 3. The van der Waals surface area contributed by atoms with Gasteiger partial charge in [0.1, 0.15) is 0 Å². The number of hydrogen-bond donors (Lipinski definition) is 0. The first kappa shape index (κ1) is 16.7. The number of ether oxygens (including phenoxy) is 1. The van der Waals surface area contributed by atoms with Gasteiger partial charge in [0.15, 0.2) is 5.72 Å². The topological polar surface area (TPSA) is 54.8 Å². The van der Waals surface area contributed by atoms with Crippen molar-refractivity contribution in [2.75, 3.05) is 13.2 Å². The quantitative estimate of drug-likeness (QED) is 0.830. The molecule has 0 N–H and O–H groups in total. The second-order valence-electron chi connectivity index (χ2n) is 7.74. The van der Waals surface area contributed by atoms with E-state index >= 15 is 0 Å². The molecule has 0 aliphatic carbocycles. The molecule has 6 nitrogen and oxygen atoms in total. The Balaban J connectivity index is 1.44. The predicted octanol–water partition coefficient (Wildman–Crippen LogP) is 1.66. The number of benzene rings is 1. The van der Waals surface area contributed by atoms with Crippen molar-refractivity contribution in [3.05, 3.63) is 70.1 Å². The van der Waals surface area contributed by atoms with E-state index < -0.39 is 5.72 Å². The highest BCUT2D eigenvalue weighted by atomic mass is 16.5. The van der Waals surface area contributed by atoms with Gasteiger partial charge < -0.3 is 14.2 Å². The van der Waals surface area contributed by atoms with Crippen LogP contribution < -0.4 is 5.56 Å². The summed E-state index contributed by atoms with van der Waals surface area (Å²) >= 11 is 0. The van der Waals surface area contributed by atoms with Gasteiger partial charge in [0.25, 0.3) is 5.56 Å². The van der Waals surface area contributed by atoms with Crippen LogP contribution in [0, 0.1) is 0 Å². The summed E-state index contributed by atoms with van der Waals surface area (Å²) in [7, 11) is 1.77. The van der Waals surface area contributed by atoms with Crippen LogP contribution in [0.4, 0.5) is 0 Å². The molecule has 0 bridgehead atoms. The third-order valence-corrected chi connectivity index (χ3v) is 6.33. The molecule has 0 unspecified atom stereocenters. The van der Waals surface area contributed by atoms with Gasteiger partial charge in [-0.1, -0.05) is 36.4 Å². The molecule has 27 heavy (non-hydrogen) atoms. The predicted molar refractivity (Wildman–Crippen MR) is 99.8 cm³/mol. The maximum absolute atomic E-state index is 12.9. The van der Waals surface area contributed by atoms with Crippen molar-refractivity contribution in [1.29, 1.82) is 0 Å². The van der Waals surface area contributed by atoms with Crippen LogP contribution in [0.15, 0.2) is 53.5 Å². The largest absolute Gasteiger partial charge is 0.351 e. The van der Waals surface area contributed by atoms with E-state index in [1.165, 1.54) is 0 Å². The van der Waals surface area contributed by atoms with Crippen LogP contribution in [0.5, 0.6) is 0 Å². The summed E-state index contributed by atoms with van der Waals surface area (Å²) in [6.07, 6.45) is 3.01. The molecule has 0 saturated carbocycles. The molecule has 3 aliphatic rings. The number of aromatic nitrogens is 1. The molecule has 3 fully saturated rings. The third-order valence-electron chi connectivity index (χ3n) is 6.33. The minimum Gasteiger partial charge on any atom is -0.351 e. The van der Waals surface area contributed by atoms with E-state index in [9.17, 15) is 9.59 Å². The van der Waals surface area contributed by atoms with E-state index in [-0.39, 0.29) is 23.6 Å². The zero-order valence-electron chi connectivity index (χ0n) is 15.4. The van der Waals surface area contributed by atoms with Gasteiger partial charge in [-0.2, -0.15) is 0 Å². The van der Waals surface area contributed by atoms with E-state index in [1.807, 2.05) is 35.2 Å². The van der Waals surface area contributed by atoms with Gasteiger partial charge in [0.2, 0.25) is 5.91 Å². The minimum absolute atomic E-state index is 0.00336. The summed E-state index contributed by atoms with van der Waals surface area (Å²) in [5, 5.41) is 0. The lowest BCUT2D eigenvalue weighted by Gasteiger charge is -2.33. The Bertz CT molecular complexity index is 941. The Kier molecular flexibility index (Phi) is 3.74. The summed E-state index contributed by atoms with van der Waals surface area (Å²) in [6, 6.07) is 13.9. The van der Waals surface area contributed by atoms with Crippen LogP contribution in [-0.4, -0.2) is 45.2 Å². The summed E-state index contributed by atoms with van der Waals surface area (Å²) in [6.45, 7) is 1.92. The third kappa shape index (κ3) is 2.40. The van der Waals surface area contributed by atoms with Crippen LogP contribution in [-0.2, 0) is 23.1 Å². The van der Waals surface area contributed by atoms with Crippen molar-refractivity contribution in [2.45, 2.75) is 37.2 Å². The number of aryl methyl sites for hydroxylation is 1. The van der Waals surface area contributed by atoms with E-state index in [4.69, 9.17) is 4.74 Å². The number of carbonyl (C=O) groups excluding carboxylic acids is 1. The first-order chi connectivity index (χ1) is 13.1. The lowest BCUT2D eigenvalue weighted by molar-refractivity contribution is -0.138. The SMILES string of the molecule is Cn1cccc(CN2CC[C@@]34OC[C@@H](c5ccccc5)N3C(=O)C[C@@H]24)c1=O. The monoisotopic (exact) mass is 365 g/mol. The van der Waals surface area contributed by atoms with Crippen LogP contribution in [0.3, 0.4) is 0 Å². The second-order valence-corrected chi connectivity index (χ2v) is 7.74. The number of amides is 1. The van der Waals surface area contributed by atoms with E-state index in [0.717, 1.165) is 24.1 Å². The molecule has 140 valence electrons. The molecule has 1 aromatic carbocycles. The second kappa shape index (κ2) is 6.04. The number of hydrogen-bond acceptors (Lipinski definition) is 4. The van der Waals surface area contributed by atoms with Crippen LogP contribution >= 0.6 is 0 Å². The lowest BCUT2D eigenvalue weighted by Crippen LogP contribution is -2.48. The van der Waals surface area contributed by atoms with Crippen molar-refractivity contribution in [2.24, 2.45) is 7.05 Å². The molecule has 3 saturated heterocycles. The highest BCUT2D eigenvalue weighted by Crippen LogP contribution is 2.51. The van der Waals surface area contributed by atoms with E-state index in [0.29, 0.717) is 19.6 Å². The number of carbonyl (C=O) groups is 1. The first-order valence-electron chi connectivity index (χ1n) is 9.50. The van der Waals surface area contributed by atoms with Crippen molar-refractivity contribution in [1.82, 2.24) is 14.4 Å². The summed E-state index contributed by atoms with van der Waals surface area (Å²) in [5.41, 5.74) is 1.37. The van der Waals surface area contributed by atoms with Crippen molar-refractivity contribution < 1.29 is 9.53 Å². The summed E-state index contributed by atoms with van der Waals surface area (Å²) in [5.74, 6) is 0.150. The zero-order chi connectivity index (χ0) is 18.6. The molecule has 2 aromatic rings. The minimum atomic E-state index is -0.544. The lowest BCUT2D eigenvalue weighted by atomic mass is 10.0. The fraction of sp³-hybridized carbons (Fsp3) is 0.429. The van der Waals surface area contributed by atoms with Gasteiger partial charge >= 0.3 is 0 Å². The van der Waals surface area contributed by atoms with Gasteiger partial charge in [0.05, 0.1) is 18.7 Å². The number of pyridine rings is 1. The standard InChI is InChI=1S/C21H23N3O3/c1-22-10-5-8-16(20(22)26)13-23-11-9-21-18(23)12-19(25)24(21)17(14-27-21)15-6-3-2-4-7-15/h2-8,10,17-18H,9,11-14H2,1H3/t17-,18+,21-/m0/s1. The number of likely N-dealkylation sites (tertiary alicyclic amines) is 1. The average molecular weight is 365 g/mol. The van der Waals surface area contributed by atoms with Crippen molar-refractivity contribution in [3.8, 4) is 0 Å². The van der Waals surface area contributed by atoms with E-state index in [2.05, 4.69) is 17.0 Å². The van der Waals surface area contributed by atoms with Gasteiger partial charge in [-0.15, -0.1) is 0 Å². The maximum Gasteiger partial charge on any atom is 0.254 e. The van der Waals surface area contributed by atoms with Crippen LogP contribution in [0.1, 0.15) is 30.0 Å². The van der Waals surface area contributed by atoms with Gasteiger partial charge in [0, 0.05) is 44.7 Å². The average Bonchev–Trinajstić information content (AvgIpc) is 3.30. The Labute approximate surface area is 158 Å². The fourth-order valence-corrected chi connectivity index (χ4v) is 5.03. The molecule has 1 spiro atoms. The van der Waals surface area contributed by atoms with Crippen LogP contribution in [0.2, 0.25) is 0 Å². The smallest absolute Gasteiger partial charge is 0.254 e. The van der Waals surface area contributed by atoms with Crippen molar-refractivity contribution in [3.63, 3.8) is 0 Å². The van der Waals surface area contributed by atoms with Crippen LogP contribution in [0.25, 0.3) is 0 Å². The molecule has 3 aliphatic heterocycles. The Morgan fingerprint density at radius 1 is 1.15 bits per heavy atom. The molecule has 5 rings (SSSR count). The highest BCUT2D eigenvalue weighted by molar-refractivity contribution is 5.82. The molecule has 4 heterocycles. The molecule has 1 amide bonds. The van der Waals surface area contributed by atoms with Gasteiger partial charge in [-0.3, -0.25) is 14.5 Å². The Hall–Kier alpha value is -2.44. The highest BCUT2D eigenvalue weighted by Gasteiger charge is 2.64. The molecule has 6 heteroatoms. The van der Waals surface area contributed by atoms with E-state index in [1.54, 1.807) is 17.8 Å². The zero-order valence-corrected chi connectivity index (χ0v) is 15.4. The Morgan fingerprint density at radius 2 is 1.96 bits per heavy atom. The molecular formula is C21H23N3O3. The van der Waals surface area contributed by atoms with Crippen molar-refractivity contribution >= 4 is 5.91 Å². The first-order valence-corrected chi connectivity index (χ1v) is 9.50. The Morgan fingerprint density at radius 3 is 2.78 bits per heavy atom. The number of rotatable bonds is 3. The van der Waals surface area contributed by atoms with Gasteiger partial charge in [-0.05, 0) is 11.6 Å². The molecule has 3 atom stereocenters. The summed E-state index contributed by atoms with van der Waals surface area (Å²) < 4.78 is 7.93. The molecule has 0 radical (unpaired) electrons. The summed E-state index contributed by atoms with van der Waals surface area (Å²) in [4.78, 5) is 29.6. The maximum atomic E-state index is 12.9.